The zero-order chi connectivity index (χ0) is 12.1. The highest BCUT2D eigenvalue weighted by atomic mass is 35.5. The van der Waals surface area contributed by atoms with Gasteiger partial charge in [-0.05, 0) is 6.07 Å². The van der Waals surface area contributed by atoms with Crippen LogP contribution in [0.3, 0.4) is 0 Å². The Morgan fingerprint density at radius 3 is 2.75 bits per heavy atom. The largest absolute Gasteiger partial charge is 0.351 e. The van der Waals surface area contributed by atoms with Crippen LogP contribution in [0.4, 0.5) is 5.69 Å². The van der Waals surface area contributed by atoms with Crippen molar-refractivity contribution in [3.63, 3.8) is 0 Å². The van der Waals surface area contributed by atoms with Crippen LogP contribution in [-0.4, -0.2) is 23.9 Å². The fraction of sp³-hybridized carbons (Fsp3) is 0.222. The Bertz CT molecular complexity index is 422. The SMILES string of the molecule is NCCNC(=O)c1ccc([N+](=O)[O-])cc1Cl. The highest BCUT2D eigenvalue weighted by Gasteiger charge is 2.14. The van der Waals surface area contributed by atoms with E-state index in [1.54, 1.807) is 0 Å². The monoisotopic (exact) mass is 243 g/mol. The molecule has 1 rings (SSSR count). The second kappa shape index (κ2) is 5.43. The van der Waals surface area contributed by atoms with Crippen molar-refractivity contribution >= 4 is 23.2 Å². The van der Waals surface area contributed by atoms with Crippen molar-refractivity contribution in [3.8, 4) is 0 Å². The van der Waals surface area contributed by atoms with Crippen LogP contribution in [0.2, 0.25) is 5.02 Å². The summed E-state index contributed by atoms with van der Waals surface area (Å²) in [6, 6.07) is 3.68. The lowest BCUT2D eigenvalue weighted by molar-refractivity contribution is -0.384. The van der Waals surface area contributed by atoms with Crippen molar-refractivity contribution in [1.29, 1.82) is 0 Å². The third-order valence-electron chi connectivity index (χ3n) is 1.84. The molecule has 0 saturated carbocycles. The molecule has 0 heterocycles. The number of hydrogen-bond donors (Lipinski definition) is 2. The third kappa shape index (κ3) is 2.91. The molecule has 16 heavy (non-hydrogen) atoms. The summed E-state index contributed by atoms with van der Waals surface area (Å²) < 4.78 is 0. The summed E-state index contributed by atoms with van der Waals surface area (Å²) in [6.07, 6.45) is 0. The van der Waals surface area contributed by atoms with Crippen molar-refractivity contribution in [2.24, 2.45) is 5.73 Å². The van der Waals surface area contributed by atoms with E-state index in [9.17, 15) is 14.9 Å². The lowest BCUT2D eigenvalue weighted by Crippen LogP contribution is -2.29. The highest BCUT2D eigenvalue weighted by molar-refractivity contribution is 6.34. The molecule has 0 aliphatic carbocycles. The molecule has 0 radical (unpaired) electrons. The predicted molar refractivity (Wildman–Crippen MR) is 59.5 cm³/mol. The van der Waals surface area contributed by atoms with Gasteiger partial charge in [-0.25, -0.2) is 0 Å². The molecular weight excluding hydrogens is 234 g/mol. The molecule has 0 fully saturated rings. The van der Waals surface area contributed by atoms with Crippen LogP contribution in [0.25, 0.3) is 0 Å². The van der Waals surface area contributed by atoms with Crippen molar-refractivity contribution in [2.45, 2.75) is 0 Å². The summed E-state index contributed by atoms with van der Waals surface area (Å²) in [5, 5.41) is 13.0. The number of nitrogens with one attached hydrogen (secondary N) is 1. The van der Waals surface area contributed by atoms with Gasteiger partial charge in [0.15, 0.2) is 0 Å². The Hall–Kier alpha value is -1.66. The summed E-state index contributed by atoms with van der Waals surface area (Å²) in [6.45, 7) is 0.641. The van der Waals surface area contributed by atoms with E-state index in [1.165, 1.54) is 12.1 Å². The Kier molecular flexibility index (Phi) is 4.21. The predicted octanol–water partition coefficient (Wildman–Crippen LogP) is 0.937. The van der Waals surface area contributed by atoms with Crippen molar-refractivity contribution in [2.75, 3.05) is 13.1 Å². The first-order valence-corrected chi connectivity index (χ1v) is 4.86. The molecule has 0 saturated heterocycles. The van der Waals surface area contributed by atoms with Gasteiger partial charge in [0, 0.05) is 25.2 Å². The molecule has 0 aliphatic heterocycles. The number of nitro groups is 1. The van der Waals surface area contributed by atoms with E-state index in [0.29, 0.717) is 13.1 Å². The standard InChI is InChI=1S/C9H10ClN3O3/c10-8-5-6(13(15)16)1-2-7(8)9(14)12-4-3-11/h1-2,5H,3-4,11H2,(H,12,14). The van der Waals surface area contributed by atoms with Crippen LogP contribution in [0.5, 0.6) is 0 Å². The first kappa shape index (κ1) is 12.4. The van der Waals surface area contributed by atoms with Crippen LogP contribution >= 0.6 is 11.6 Å². The Balaban J connectivity index is 2.90. The maximum absolute atomic E-state index is 11.5. The number of hydrogen-bond acceptors (Lipinski definition) is 4. The van der Waals surface area contributed by atoms with E-state index in [4.69, 9.17) is 17.3 Å². The van der Waals surface area contributed by atoms with Gasteiger partial charge in [0.25, 0.3) is 11.6 Å². The molecule has 0 aromatic heterocycles. The molecule has 1 aromatic rings. The first-order valence-electron chi connectivity index (χ1n) is 4.48. The fourth-order valence-corrected chi connectivity index (χ4v) is 1.34. The van der Waals surface area contributed by atoms with Gasteiger partial charge >= 0.3 is 0 Å². The zero-order valence-corrected chi connectivity index (χ0v) is 9.03. The van der Waals surface area contributed by atoms with E-state index in [2.05, 4.69) is 5.32 Å². The lowest BCUT2D eigenvalue weighted by Gasteiger charge is -2.04. The van der Waals surface area contributed by atoms with Gasteiger partial charge in [-0.3, -0.25) is 14.9 Å². The molecule has 0 aliphatic rings. The molecule has 3 N–H and O–H groups in total. The van der Waals surface area contributed by atoms with Gasteiger partial charge in [-0.15, -0.1) is 0 Å². The maximum Gasteiger partial charge on any atom is 0.270 e. The number of nitrogens with zero attached hydrogens (tertiary/aromatic N) is 1. The minimum atomic E-state index is -0.576. The van der Waals surface area contributed by atoms with Gasteiger partial charge < -0.3 is 11.1 Å². The smallest absolute Gasteiger partial charge is 0.270 e. The van der Waals surface area contributed by atoms with Crippen LogP contribution in [0.1, 0.15) is 10.4 Å². The Labute approximate surface area is 96.5 Å². The van der Waals surface area contributed by atoms with Crippen LogP contribution < -0.4 is 11.1 Å². The quantitative estimate of drug-likeness (QED) is 0.607. The molecule has 0 atom stereocenters. The van der Waals surface area contributed by atoms with Gasteiger partial charge in [-0.2, -0.15) is 0 Å². The molecule has 0 bridgehead atoms. The Morgan fingerprint density at radius 2 is 2.25 bits per heavy atom. The summed E-state index contributed by atoms with van der Waals surface area (Å²) in [4.78, 5) is 21.3. The number of carbonyl (C=O) groups is 1. The summed E-state index contributed by atoms with van der Waals surface area (Å²) >= 11 is 5.75. The number of carbonyl (C=O) groups excluding carboxylic acids is 1. The molecule has 1 amide bonds. The first-order chi connectivity index (χ1) is 7.56. The molecule has 86 valence electrons. The average Bonchev–Trinajstić information content (AvgIpc) is 2.25. The van der Waals surface area contributed by atoms with E-state index >= 15 is 0 Å². The summed E-state index contributed by atoms with van der Waals surface area (Å²) in [7, 11) is 0. The van der Waals surface area contributed by atoms with E-state index < -0.39 is 10.8 Å². The number of amides is 1. The summed E-state index contributed by atoms with van der Waals surface area (Å²) in [5.74, 6) is -0.398. The molecule has 1 aromatic carbocycles. The number of non-ortho nitro benzene ring substituents is 1. The minimum Gasteiger partial charge on any atom is -0.351 e. The summed E-state index contributed by atoms with van der Waals surface area (Å²) in [5.41, 5.74) is 5.26. The number of rotatable bonds is 4. The molecule has 6 nitrogen and oxygen atoms in total. The molecular formula is C9H10ClN3O3. The number of halogens is 1. The van der Waals surface area contributed by atoms with Gasteiger partial charge in [-0.1, -0.05) is 11.6 Å². The van der Waals surface area contributed by atoms with Crippen LogP contribution in [0, 0.1) is 10.1 Å². The lowest BCUT2D eigenvalue weighted by atomic mass is 10.2. The number of nitrogens with two attached hydrogens (primary N) is 1. The van der Waals surface area contributed by atoms with Crippen molar-refractivity contribution in [1.82, 2.24) is 5.32 Å². The van der Waals surface area contributed by atoms with E-state index in [1.807, 2.05) is 0 Å². The van der Waals surface area contributed by atoms with E-state index in [0.717, 1.165) is 6.07 Å². The molecule has 0 unspecified atom stereocenters. The van der Waals surface area contributed by atoms with Crippen LogP contribution in [0.15, 0.2) is 18.2 Å². The zero-order valence-electron chi connectivity index (χ0n) is 8.27. The van der Waals surface area contributed by atoms with E-state index in [-0.39, 0.29) is 16.3 Å². The van der Waals surface area contributed by atoms with Gasteiger partial charge in [0.1, 0.15) is 0 Å². The highest BCUT2D eigenvalue weighted by Crippen LogP contribution is 2.22. The number of benzene rings is 1. The second-order valence-corrected chi connectivity index (χ2v) is 3.37. The Morgan fingerprint density at radius 1 is 1.56 bits per heavy atom. The fourth-order valence-electron chi connectivity index (χ4n) is 1.08. The number of nitro benzene ring substituents is 1. The van der Waals surface area contributed by atoms with Gasteiger partial charge in [0.05, 0.1) is 15.5 Å². The van der Waals surface area contributed by atoms with Gasteiger partial charge in [0.2, 0.25) is 0 Å². The normalized spacial score (nSPS) is 9.88. The van der Waals surface area contributed by atoms with Crippen LogP contribution in [-0.2, 0) is 0 Å². The van der Waals surface area contributed by atoms with Crippen molar-refractivity contribution in [3.05, 3.63) is 38.9 Å². The molecule has 0 spiro atoms. The topological polar surface area (TPSA) is 98.3 Å². The maximum atomic E-state index is 11.5. The third-order valence-corrected chi connectivity index (χ3v) is 2.15. The average molecular weight is 244 g/mol. The van der Waals surface area contributed by atoms with Crippen molar-refractivity contribution < 1.29 is 9.72 Å². The second-order valence-electron chi connectivity index (χ2n) is 2.97. The minimum absolute atomic E-state index is 0.0451. The molecule has 7 heteroatoms.